The number of pyridine rings is 2. The van der Waals surface area contributed by atoms with E-state index in [2.05, 4.69) is 34.0 Å². The number of carbonyl (C=O) groups is 2. The van der Waals surface area contributed by atoms with Crippen LogP contribution in [-0.4, -0.2) is 52.7 Å². The first-order valence-corrected chi connectivity index (χ1v) is 11.6. The van der Waals surface area contributed by atoms with E-state index >= 15 is 0 Å². The topological polar surface area (TPSA) is 75.2 Å². The van der Waals surface area contributed by atoms with Crippen LogP contribution in [0.4, 0.5) is 0 Å². The van der Waals surface area contributed by atoms with E-state index in [4.69, 9.17) is 0 Å². The third-order valence-electron chi connectivity index (χ3n) is 5.65. The van der Waals surface area contributed by atoms with Crippen LogP contribution in [0.3, 0.4) is 0 Å². The normalized spacial score (nSPS) is 10.9. The molecule has 2 heterocycles. The molecule has 0 fully saturated rings. The minimum absolute atomic E-state index is 0.0746. The highest BCUT2D eigenvalue weighted by Crippen LogP contribution is 2.12. The molecule has 0 aliphatic rings. The van der Waals surface area contributed by atoms with Gasteiger partial charge in [0.2, 0.25) is 0 Å². The number of nitrogens with zero attached hydrogens (tertiary/aromatic N) is 3. The average molecular weight is 445 g/mol. The van der Waals surface area contributed by atoms with Crippen molar-refractivity contribution in [3.05, 3.63) is 95.1 Å². The van der Waals surface area contributed by atoms with Crippen LogP contribution < -0.4 is 5.32 Å². The van der Waals surface area contributed by atoms with Gasteiger partial charge < -0.3 is 10.2 Å². The number of amides is 1. The average Bonchev–Trinajstić information content (AvgIpc) is 2.85. The lowest BCUT2D eigenvalue weighted by Gasteiger charge is -2.17. The Morgan fingerprint density at radius 1 is 0.909 bits per heavy atom. The summed E-state index contributed by atoms with van der Waals surface area (Å²) in [6, 6.07) is 16.8. The van der Waals surface area contributed by atoms with Crippen molar-refractivity contribution >= 4 is 11.7 Å². The standard InChI is InChI=1S/C27H32N4O2/c1-3-31(4-2)18-6-15-29-27(33)25-8-5-7-24(30-25)19-21-9-11-23(12-10-21)26(32)20-22-13-16-28-17-14-22/h5,7-14,16-17H,3-4,6,15,18-20H2,1-2H3,(H,29,33). The molecule has 0 aliphatic carbocycles. The predicted molar refractivity (Wildman–Crippen MR) is 130 cm³/mol. The van der Waals surface area contributed by atoms with Gasteiger partial charge >= 0.3 is 0 Å². The molecule has 0 unspecified atom stereocenters. The van der Waals surface area contributed by atoms with E-state index in [1.807, 2.05) is 48.5 Å². The monoisotopic (exact) mass is 444 g/mol. The van der Waals surface area contributed by atoms with Crippen molar-refractivity contribution in [2.24, 2.45) is 0 Å². The number of aromatic nitrogens is 2. The maximum Gasteiger partial charge on any atom is 0.269 e. The zero-order valence-electron chi connectivity index (χ0n) is 19.5. The van der Waals surface area contributed by atoms with Crippen LogP contribution >= 0.6 is 0 Å². The maximum atomic E-state index is 12.5. The van der Waals surface area contributed by atoms with E-state index in [0.29, 0.717) is 30.6 Å². The lowest BCUT2D eigenvalue weighted by Crippen LogP contribution is -2.30. The van der Waals surface area contributed by atoms with E-state index in [1.54, 1.807) is 18.5 Å². The van der Waals surface area contributed by atoms with Crippen LogP contribution in [0.5, 0.6) is 0 Å². The summed E-state index contributed by atoms with van der Waals surface area (Å²) in [6.45, 7) is 7.94. The van der Waals surface area contributed by atoms with E-state index in [1.165, 1.54) is 0 Å². The van der Waals surface area contributed by atoms with E-state index in [9.17, 15) is 9.59 Å². The molecular weight excluding hydrogens is 412 g/mol. The van der Waals surface area contributed by atoms with Crippen molar-refractivity contribution in [3.63, 3.8) is 0 Å². The second-order valence-electron chi connectivity index (χ2n) is 7.98. The van der Waals surface area contributed by atoms with Gasteiger partial charge in [-0.3, -0.25) is 14.6 Å². The summed E-state index contributed by atoms with van der Waals surface area (Å²) in [5, 5.41) is 2.96. The van der Waals surface area contributed by atoms with Crippen molar-refractivity contribution in [3.8, 4) is 0 Å². The molecule has 6 heteroatoms. The minimum atomic E-state index is -0.145. The van der Waals surface area contributed by atoms with E-state index in [0.717, 1.165) is 42.9 Å². The van der Waals surface area contributed by atoms with Crippen LogP contribution in [0.2, 0.25) is 0 Å². The third kappa shape index (κ3) is 7.61. The number of benzene rings is 1. The third-order valence-corrected chi connectivity index (χ3v) is 5.65. The SMILES string of the molecule is CCN(CC)CCCNC(=O)c1cccc(Cc2ccc(C(=O)Cc3ccncc3)cc2)n1. The number of ketones is 1. The van der Waals surface area contributed by atoms with Gasteiger partial charge in [-0.25, -0.2) is 4.98 Å². The summed E-state index contributed by atoms with van der Waals surface area (Å²) in [5.41, 5.74) is 3.92. The van der Waals surface area contributed by atoms with Crippen LogP contribution in [0.25, 0.3) is 0 Å². The molecule has 3 aromatic rings. The van der Waals surface area contributed by atoms with Gasteiger partial charge in [-0.2, -0.15) is 0 Å². The zero-order chi connectivity index (χ0) is 23.5. The van der Waals surface area contributed by atoms with Gasteiger partial charge in [0.15, 0.2) is 5.78 Å². The first-order chi connectivity index (χ1) is 16.1. The first-order valence-electron chi connectivity index (χ1n) is 11.6. The molecule has 0 radical (unpaired) electrons. The van der Waals surface area contributed by atoms with E-state index in [-0.39, 0.29) is 11.7 Å². The van der Waals surface area contributed by atoms with Crippen LogP contribution in [0, 0.1) is 0 Å². The predicted octanol–water partition coefficient (Wildman–Crippen LogP) is 3.95. The van der Waals surface area contributed by atoms with Gasteiger partial charge in [-0.05, 0) is 61.4 Å². The van der Waals surface area contributed by atoms with Crippen LogP contribution in [0.1, 0.15) is 57.9 Å². The largest absolute Gasteiger partial charge is 0.351 e. The molecule has 0 spiro atoms. The Balaban J connectivity index is 1.53. The van der Waals surface area contributed by atoms with Gasteiger partial charge in [0, 0.05) is 43.0 Å². The van der Waals surface area contributed by atoms with Gasteiger partial charge in [-0.1, -0.05) is 44.2 Å². The summed E-state index contributed by atoms with van der Waals surface area (Å²) in [7, 11) is 0. The number of rotatable bonds is 12. The molecular formula is C27H32N4O2. The van der Waals surface area contributed by atoms with Gasteiger partial charge in [0.25, 0.3) is 5.91 Å². The highest BCUT2D eigenvalue weighted by atomic mass is 16.1. The fourth-order valence-corrected chi connectivity index (χ4v) is 3.65. The number of Topliss-reactive ketones (excluding diaryl/α,β-unsaturated/α-hetero) is 1. The van der Waals surface area contributed by atoms with Gasteiger partial charge in [0.1, 0.15) is 5.69 Å². The number of nitrogens with one attached hydrogen (secondary N) is 1. The molecule has 1 N–H and O–H groups in total. The molecule has 0 aliphatic heterocycles. The van der Waals surface area contributed by atoms with Gasteiger partial charge in [-0.15, -0.1) is 0 Å². The molecule has 0 saturated heterocycles. The van der Waals surface area contributed by atoms with Crippen molar-refractivity contribution in [2.75, 3.05) is 26.2 Å². The molecule has 0 atom stereocenters. The summed E-state index contributed by atoms with van der Waals surface area (Å²) in [4.78, 5) is 35.8. The summed E-state index contributed by atoms with van der Waals surface area (Å²) >= 11 is 0. The maximum absolute atomic E-state index is 12.5. The van der Waals surface area contributed by atoms with Crippen molar-refractivity contribution in [1.82, 2.24) is 20.2 Å². The van der Waals surface area contributed by atoms with E-state index < -0.39 is 0 Å². The van der Waals surface area contributed by atoms with Crippen molar-refractivity contribution in [1.29, 1.82) is 0 Å². The molecule has 1 amide bonds. The Morgan fingerprint density at radius 2 is 1.64 bits per heavy atom. The minimum Gasteiger partial charge on any atom is -0.351 e. The Hall–Kier alpha value is -3.38. The lowest BCUT2D eigenvalue weighted by atomic mass is 10.0. The molecule has 6 nitrogen and oxygen atoms in total. The lowest BCUT2D eigenvalue weighted by molar-refractivity contribution is 0.0945. The Labute approximate surface area is 196 Å². The Kier molecular flexibility index (Phi) is 9.27. The quantitative estimate of drug-likeness (QED) is 0.338. The smallest absolute Gasteiger partial charge is 0.269 e. The van der Waals surface area contributed by atoms with Crippen LogP contribution in [-0.2, 0) is 12.8 Å². The summed E-state index contributed by atoms with van der Waals surface area (Å²) in [6.07, 6.45) is 5.26. The molecule has 0 saturated carbocycles. The summed E-state index contributed by atoms with van der Waals surface area (Å²) in [5.74, 6) is -0.0704. The highest BCUT2D eigenvalue weighted by Gasteiger charge is 2.10. The molecule has 0 bridgehead atoms. The molecule has 2 aromatic heterocycles. The van der Waals surface area contributed by atoms with Crippen LogP contribution in [0.15, 0.2) is 67.0 Å². The fraction of sp³-hybridized carbons (Fsp3) is 0.333. The molecule has 172 valence electrons. The second-order valence-corrected chi connectivity index (χ2v) is 7.98. The first kappa shape index (κ1) is 24.3. The Morgan fingerprint density at radius 3 is 2.33 bits per heavy atom. The molecule has 1 aromatic carbocycles. The number of carbonyl (C=O) groups excluding carboxylic acids is 2. The van der Waals surface area contributed by atoms with Gasteiger partial charge in [0.05, 0.1) is 0 Å². The van der Waals surface area contributed by atoms with Crippen molar-refractivity contribution in [2.45, 2.75) is 33.1 Å². The number of hydrogen-bond acceptors (Lipinski definition) is 5. The molecule has 33 heavy (non-hydrogen) atoms. The Bertz CT molecular complexity index is 1030. The molecule has 3 rings (SSSR count). The van der Waals surface area contributed by atoms with Crippen molar-refractivity contribution < 1.29 is 9.59 Å². The highest BCUT2D eigenvalue weighted by molar-refractivity contribution is 5.97. The zero-order valence-corrected chi connectivity index (χ0v) is 19.5. The second kappa shape index (κ2) is 12.6. The fourth-order valence-electron chi connectivity index (χ4n) is 3.65. The summed E-state index contributed by atoms with van der Waals surface area (Å²) < 4.78 is 0. The number of hydrogen-bond donors (Lipinski definition) is 1.